The lowest BCUT2D eigenvalue weighted by atomic mass is 9.78. The number of hydrogen-bond donors (Lipinski definition) is 1. The molecule has 1 aliphatic rings. The number of hydrogen-bond acceptors (Lipinski definition) is 2. The van der Waals surface area contributed by atoms with Crippen LogP contribution in [0.25, 0.3) is 0 Å². The van der Waals surface area contributed by atoms with Gasteiger partial charge in [-0.3, -0.25) is 4.79 Å². The Bertz CT molecular complexity index is 167. The largest absolute Gasteiger partial charge is 0.382 e. The zero-order chi connectivity index (χ0) is 9.19. The predicted octanol–water partition coefficient (Wildman–Crippen LogP) is 1.91. The number of rotatable bonds is 2. The van der Waals surface area contributed by atoms with Crippen LogP contribution in [-0.2, 0) is 4.79 Å². The second kappa shape index (κ2) is 3.56. The van der Waals surface area contributed by atoms with Gasteiger partial charge in [-0.2, -0.15) is 0 Å². The van der Waals surface area contributed by atoms with E-state index in [1.54, 1.807) is 0 Å². The van der Waals surface area contributed by atoms with Crippen LogP contribution in [0.4, 0.5) is 0 Å². The molecule has 2 nitrogen and oxygen atoms in total. The average molecular weight is 170 g/mol. The van der Waals surface area contributed by atoms with Crippen LogP contribution >= 0.6 is 0 Å². The minimum atomic E-state index is -0.980. The molecular formula is C10H18O2. The lowest BCUT2D eigenvalue weighted by molar-refractivity contribution is -0.143. The molecule has 0 bridgehead atoms. The van der Waals surface area contributed by atoms with Gasteiger partial charge in [-0.25, -0.2) is 0 Å². The SMILES string of the molecule is CC(C)C(=O)C1(O)CCCCC1. The quantitative estimate of drug-likeness (QED) is 0.687. The van der Waals surface area contributed by atoms with E-state index in [-0.39, 0.29) is 11.7 Å². The molecule has 0 aromatic carbocycles. The third-order valence-electron chi connectivity index (χ3n) is 2.66. The highest BCUT2D eigenvalue weighted by Crippen LogP contribution is 2.30. The highest BCUT2D eigenvalue weighted by molar-refractivity contribution is 5.88. The summed E-state index contributed by atoms with van der Waals surface area (Å²) in [5, 5.41) is 9.96. The maximum atomic E-state index is 11.6. The third kappa shape index (κ3) is 1.86. The first-order valence-electron chi connectivity index (χ1n) is 4.83. The molecule has 1 saturated carbocycles. The maximum absolute atomic E-state index is 11.6. The number of Topliss-reactive ketones (excluding diaryl/α,β-unsaturated/α-hetero) is 1. The summed E-state index contributed by atoms with van der Waals surface area (Å²) in [4.78, 5) is 11.6. The van der Waals surface area contributed by atoms with E-state index >= 15 is 0 Å². The van der Waals surface area contributed by atoms with Gasteiger partial charge in [0, 0.05) is 5.92 Å². The van der Waals surface area contributed by atoms with Crippen molar-refractivity contribution in [2.45, 2.75) is 51.6 Å². The Balaban J connectivity index is 2.62. The van der Waals surface area contributed by atoms with Gasteiger partial charge in [0.2, 0.25) is 0 Å². The molecule has 0 atom stereocenters. The van der Waals surface area contributed by atoms with Crippen molar-refractivity contribution < 1.29 is 9.90 Å². The van der Waals surface area contributed by atoms with Gasteiger partial charge >= 0.3 is 0 Å². The first-order chi connectivity index (χ1) is 5.56. The standard InChI is InChI=1S/C10H18O2/c1-8(2)9(11)10(12)6-4-3-5-7-10/h8,12H,3-7H2,1-2H3. The van der Waals surface area contributed by atoms with Crippen molar-refractivity contribution in [3.8, 4) is 0 Å². The van der Waals surface area contributed by atoms with Gasteiger partial charge in [0.15, 0.2) is 5.78 Å². The van der Waals surface area contributed by atoms with Crippen molar-refractivity contribution in [1.82, 2.24) is 0 Å². The third-order valence-corrected chi connectivity index (χ3v) is 2.66. The Morgan fingerprint density at radius 1 is 1.25 bits per heavy atom. The molecule has 0 saturated heterocycles. The van der Waals surface area contributed by atoms with Crippen molar-refractivity contribution in [3.05, 3.63) is 0 Å². The molecule has 1 rings (SSSR count). The molecule has 0 amide bonds. The Morgan fingerprint density at radius 2 is 1.75 bits per heavy atom. The van der Waals surface area contributed by atoms with Crippen LogP contribution in [0.2, 0.25) is 0 Å². The molecule has 1 aliphatic carbocycles. The van der Waals surface area contributed by atoms with Crippen LogP contribution in [0.5, 0.6) is 0 Å². The molecule has 0 radical (unpaired) electrons. The zero-order valence-corrected chi connectivity index (χ0v) is 7.97. The summed E-state index contributed by atoms with van der Waals surface area (Å²) in [6.07, 6.45) is 4.49. The predicted molar refractivity (Wildman–Crippen MR) is 47.9 cm³/mol. The fourth-order valence-electron chi connectivity index (χ4n) is 1.92. The van der Waals surface area contributed by atoms with E-state index < -0.39 is 5.60 Å². The van der Waals surface area contributed by atoms with Crippen molar-refractivity contribution >= 4 is 5.78 Å². The molecule has 1 fully saturated rings. The monoisotopic (exact) mass is 170 g/mol. The Labute approximate surface area is 74.0 Å². The summed E-state index contributed by atoms with van der Waals surface area (Å²) in [7, 11) is 0. The van der Waals surface area contributed by atoms with Gasteiger partial charge < -0.3 is 5.11 Å². The molecule has 12 heavy (non-hydrogen) atoms. The van der Waals surface area contributed by atoms with Crippen molar-refractivity contribution in [1.29, 1.82) is 0 Å². The highest BCUT2D eigenvalue weighted by Gasteiger charge is 2.37. The lowest BCUT2D eigenvalue weighted by Gasteiger charge is -2.31. The van der Waals surface area contributed by atoms with Crippen LogP contribution in [0, 0.1) is 5.92 Å². The Hall–Kier alpha value is -0.370. The van der Waals surface area contributed by atoms with Crippen molar-refractivity contribution in [2.75, 3.05) is 0 Å². The second-order valence-electron chi connectivity index (χ2n) is 4.11. The van der Waals surface area contributed by atoms with Gasteiger partial charge in [-0.1, -0.05) is 33.1 Å². The molecule has 1 N–H and O–H groups in total. The Morgan fingerprint density at radius 3 is 2.17 bits per heavy atom. The van der Waals surface area contributed by atoms with E-state index in [1.807, 2.05) is 13.8 Å². The summed E-state index contributed by atoms with van der Waals surface area (Å²) in [5.74, 6) is -0.00435. The highest BCUT2D eigenvalue weighted by atomic mass is 16.3. The van der Waals surface area contributed by atoms with Gasteiger partial charge in [0.1, 0.15) is 5.60 Å². The topological polar surface area (TPSA) is 37.3 Å². The van der Waals surface area contributed by atoms with Gasteiger partial charge in [0.05, 0.1) is 0 Å². The van der Waals surface area contributed by atoms with E-state index in [2.05, 4.69) is 0 Å². The number of carbonyl (C=O) groups excluding carboxylic acids is 1. The average Bonchev–Trinajstić information content (AvgIpc) is 2.04. The van der Waals surface area contributed by atoms with Crippen molar-refractivity contribution in [2.24, 2.45) is 5.92 Å². The molecule has 0 aromatic rings. The zero-order valence-electron chi connectivity index (χ0n) is 7.97. The summed E-state index contributed by atoms with van der Waals surface area (Å²) >= 11 is 0. The van der Waals surface area contributed by atoms with Crippen molar-refractivity contribution in [3.63, 3.8) is 0 Å². The van der Waals surface area contributed by atoms with E-state index in [0.717, 1.165) is 19.3 Å². The van der Waals surface area contributed by atoms with Crippen LogP contribution < -0.4 is 0 Å². The first-order valence-corrected chi connectivity index (χ1v) is 4.83. The number of aliphatic hydroxyl groups is 1. The molecule has 0 aliphatic heterocycles. The summed E-state index contributed by atoms with van der Waals surface area (Å²) < 4.78 is 0. The van der Waals surface area contributed by atoms with Gasteiger partial charge in [-0.15, -0.1) is 0 Å². The molecule has 70 valence electrons. The van der Waals surface area contributed by atoms with Crippen LogP contribution in [0.3, 0.4) is 0 Å². The van der Waals surface area contributed by atoms with E-state index in [0.29, 0.717) is 12.8 Å². The Kier molecular flexibility index (Phi) is 2.89. The maximum Gasteiger partial charge on any atom is 0.166 e. The van der Waals surface area contributed by atoms with Crippen LogP contribution in [-0.4, -0.2) is 16.5 Å². The molecular weight excluding hydrogens is 152 g/mol. The molecule has 0 spiro atoms. The van der Waals surface area contributed by atoms with Gasteiger partial charge in [-0.05, 0) is 12.8 Å². The normalized spacial score (nSPS) is 22.7. The van der Waals surface area contributed by atoms with Gasteiger partial charge in [0.25, 0.3) is 0 Å². The molecule has 2 heteroatoms. The van der Waals surface area contributed by atoms with E-state index in [1.165, 1.54) is 0 Å². The van der Waals surface area contributed by atoms with Crippen LogP contribution in [0.1, 0.15) is 46.0 Å². The summed E-state index contributed by atoms with van der Waals surface area (Å²) in [5.41, 5.74) is -0.980. The summed E-state index contributed by atoms with van der Waals surface area (Å²) in [6, 6.07) is 0. The smallest absolute Gasteiger partial charge is 0.166 e. The van der Waals surface area contributed by atoms with E-state index in [4.69, 9.17) is 0 Å². The summed E-state index contributed by atoms with van der Waals surface area (Å²) in [6.45, 7) is 3.71. The minimum absolute atomic E-state index is 0.0298. The minimum Gasteiger partial charge on any atom is -0.382 e. The fraction of sp³-hybridized carbons (Fsp3) is 0.900. The molecule has 0 unspecified atom stereocenters. The fourth-order valence-corrected chi connectivity index (χ4v) is 1.92. The number of ketones is 1. The second-order valence-corrected chi connectivity index (χ2v) is 4.11. The molecule has 0 aromatic heterocycles. The molecule has 0 heterocycles. The number of carbonyl (C=O) groups is 1. The van der Waals surface area contributed by atoms with E-state index in [9.17, 15) is 9.90 Å². The van der Waals surface area contributed by atoms with Crippen LogP contribution in [0.15, 0.2) is 0 Å². The lowest BCUT2D eigenvalue weighted by Crippen LogP contribution is -2.42. The first kappa shape index (κ1) is 9.72.